The normalized spacial score (nSPS) is 11.3. The highest BCUT2D eigenvalue weighted by Crippen LogP contribution is 2.35. The van der Waals surface area contributed by atoms with Crippen LogP contribution < -0.4 is 11.1 Å². The number of carbonyl (C=O) groups is 1. The van der Waals surface area contributed by atoms with E-state index in [0.717, 1.165) is 0 Å². The van der Waals surface area contributed by atoms with Crippen molar-refractivity contribution in [1.82, 2.24) is 10.3 Å². The van der Waals surface area contributed by atoms with Crippen molar-refractivity contribution in [3.05, 3.63) is 21.9 Å². The summed E-state index contributed by atoms with van der Waals surface area (Å²) in [6.45, 7) is 0. The topological polar surface area (TPSA) is 68.0 Å². The zero-order valence-electron chi connectivity index (χ0n) is 8.02. The average Bonchev–Trinajstić information content (AvgIpc) is 2.18. The minimum Gasteiger partial charge on any atom is -0.397 e. The third-order valence-electron chi connectivity index (χ3n) is 1.75. The van der Waals surface area contributed by atoms with Gasteiger partial charge in [-0.1, -0.05) is 0 Å². The molecule has 3 N–H and O–H groups in total. The molecule has 0 aliphatic heterocycles. The average molecular weight is 298 g/mol. The predicted molar refractivity (Wildman–Crippen MR) is 54.7 cm³/mol. The lowest BCUT2D eigenvalue weighted by molar-refractivity contribution is -0.138. The van der Waals surface area contributed by atoms with E-state index in [1.807, 2.05) is 0 Å². The molecule has 0 aliphatic carbocycles. The summed E-state index contributed by atoms with van der Waals surface area (Å²) in [5, 5.41) is 2.22. The lowest BCUT2D eigenvalue weighted by Crippen LogP contribution is -2.22. The van der Waals surface area contributed by atoms with E-state index in [4.69, 9.17) is 5.73 Å². The molecule has 16 heavy (non-hydrogen) atoms. The summed E-state index contributed by atoms with van der Waals surface area (Å²) in [6, 6.07) is 0.668. The van der Waals surface area contributed by atoms with E-state index in [9.17, 15) is 18.0 Å². The Kier molecular flexibility index (Phi) is 3.41. The lowest BCUT2D eigenvalue weighted by atomic mass is 10.2. The third kappa shape index (κ3) is 2.43. The minimum absolute atomic E-state index is 0.248. The molecule has 1 aromatic heterocycles. The Morgan fingerprint density at radius 2 is 2.12 bits per heavy atom. The van der Waals surface area contributed by atoms with Crippen LogP contribution >= 0.6 is 15.9 Å². The molecule has 0 fully saturated rings. The fourth-order valence-electron chi connectivity index (χ4n) is 1.01. The van der Waals surface area contributed by atoms with Crippen molar-refractivity contribution in [2.75, 3.05) is 12.8 Å². The SMILES string of the molecule is CNC(=O)c1nc(Br)c(C(F)(F)F)cc1N. The second-order valence-electron chi connectivity index (χ2n) is 2.84. The van der Waals surface area contributed by atoms with Crippen LogP contribution in [-0.2, 0) is 6.18 Å². The molecule has 0 aliphatic rings. The smallest absolute Gasteiger partial charge is 0.397 e. The number of halogens is 4. The van der Waals surface area contributed by atoms with Crippen molar-refractivity contribution in [2.45, 2.75) is 6.18 Å². The first-order valence-corrected chi connectivity index (χ1v) is 4.82. The summed E-state index contributed by atoms with van der Waals surface area (Å²) in [5.74, 6) is -0.646. The number of rotatable bonds is 1. The number of anilines is 1. The Morgan fingerprint density at radius 1 is 1.56 bits per heavy atom. The number of hydrogen-bond donors (Lipinski definition) is 2. The van der Waals surface area contributed by atoms with Crippen LogP contribution in [0.3, 0.4) is 0 Å². The van der Waals surface area contributed by atoms with Gasteiger partial charge in [0.1, 0.15) is 4.60 Å². The van der Waals surface area contributed by atoms with Gasteiger partial charge in [0.25, 0.3) is 5.91 Å². The van der Waals surface area contributed by atoms with Crippen molar-refractivity contribution in [3.8, 4) is 0 Å². The van der Waals surface area contributed by atoms with Crippen LogP contribution in [0, 0.1) is 0 Å². The number of carbonyl (C=O) groups excluding carboxylic acids is 1. The van der Waals surface area contributed by atoms with Gasteiger partial charge in [-0.05, 0) is 22.0 Å². The van der Waals surface area contributed by atoms with Gasteiger partial charge in [0.15, 0.2) is 5.69 Å². The molecule has 0 saturated heterocycles. The number of amides is 1. The first kappa shape index (κ1) is 12.8. The molecule has 1 aromatic rings. The molecule has 0 radical (unpaired) electrons. The summed E-state index contributed by atoms with van der Waals surface area (Å²) in [5.41, 5.74) is 3.73. The van der Waals surface area contributed by atoms with Gasteiger partial charge in [0.05, 0.1) is 11.3 Å². The van der Waals surface area contributed by atoms with E-state index >= 15 is 0 Å². The highest BCUT2D eigenvalue weighted by Gasteiger charge is 2.35. The number of pyridine rings is 1. The van der Waals surface area contributed by atoms with Gasteiger partial charge < -0.3 is 11.1 Å². The molecule has 1 heterocycles. The second-order valence-corrected chi connectivity index (χ2v) is 3.59. The number of nitrogens with one attached hydrogen (secondary N) is 1. The number of aromatic nitrogens is 1. The summed E-state index contributed by atoms with van der Waals surface area (Å²) in [7, 11) is 1.33. The number of hydrogen-bond acceptors (Lipinski definition) is 3. The number of nitrogen functional groups attached to an aromatic ring is 1. The highest BCUT2D eigenvalue weighted by atomic mass is 79.9. The van der Waals surface area contributed by atoms with E-state index in [1.165, 1.54) is 7.05 Å². The van der Waals surface area contributed by atoms with Crippen molar-refractivity contribution in [1.29, 1.82) is 0 Å². The van der Waals surface area contributed by atoms with Crippen LogP contribution in [0.1, 0.15) is 16.1 Å². The van der Waals surface area contributed by atoms with Gasteiger partial charge in [0, 0.05) is 7.05 Å². The third-order valence-corrected chi connectivity index (χ3v) is 2.36. The summed E-state index contributed by atoms with van der Waals surface area (Å²) in [6.07, 6.45) is -4.57. The van der Waals surface area contributed by atoms with Gasteiger partial charge >= 0.3 is 6.18 Å². The fraction of sp³-hybridized carbons (Fsp3) is 0.250. The number of nitrogens with two attached hydrogens (primary N) is 1. The van der Waals surface area contributed by atoms with Gasteiger partial charge in [-0.15, -0.1) is 0 Å². The van der Waals surface area contributed by atoms with Crippen LogP contribution in [0.4, 0.5) is 18.9 Å². The Labute approximate surface area is 97.2 Å². The van der Waals surface area contributed by atoms with Crippen LogP contribution in [0.15, 0.2) is 10.7 Å². The monoisotopic (exact) mass is 297 g/mol. The van der Waals surface area contributed by atoms with E-state index in [-0.39, 0.29) is 11.4 Å². The first-order chi connectivity index (χ1) is 7.27. The van der Waals surface area contributed by atoms with Crippen molar-refractivity contribution in [3.63, 3.8) is 0 Å². The quantitative estimate of drug-likeness (QED) is 0.777. The van der Waals surface area contributed by atoms with Crippen molar-refractivity contribution in [2.24, 2.45) is 0 Å². The molecular weight excluding hydrogens is 291 g/mol. The summed E-state index contributed by atoms with van der Waals surface area (Å²) >= 11 is 2.65. The zero-order valence-corrected chi connectivity index (χ0v) is 9.61. The minimum atomic E-state index is -4.57. The van der Waals surface area contributed by atoms with Crippen LogP contribution in [0.2, 0.25) is 0 Å². The maximum Gasteiger partial charge on any atom is 0.419 e. The van der Waals surface area contributed by atoms with Crippen molar-refractivity contribution < 1.29 is 18.0 Å². The Balaban J connectivity index is 3.33. The van der Waals surface area contributed by atoms with Crippen LogP contribution in [-0.4, -0.2) is 17.9 Å². The molecule has 0 unspecified atom stereocenters. The predicted octanol–water partition coefficient (Wildman–Crippen LogP) is 1.80. The van der Waals surface area contributed by atoms with Crippen LogP contribution in [0.5, 0.6) is 0 Å². The largest absolute Gasteiger partial charge is 0.419 e. The first-order valence-electron chi connectivity index (χ1n) is 4.02. The molecule has 0 atom stereocenters. The van der Waals surface area contributed by atoms with Gasteiger partial charge in [-0.2, -0.15) is 13.2 Å². The molecule has 4 nitrogen and oxygen atoms in total. The molecule has 88 valence electrons. The highest BCUT2D eigenvalue weighted by molar-refractivity contribution is 9.10. The number of nitrogens with zero attached hydrogens (tertiary/aromatic N) is 1. The molecular formula is C8H7BrF3N3O. The van der Waals surface area contributed by atoms with E-state index in [2.05, 4.69) is 26.2 Å². The van der Waals surface area contributed by atoms with Crippen LogP contribution in [0.25, 0.3) is 0 Å². The lowest BCUT2D eigenvalue weighted by Gasteiger charge is -2.11. The van der Waals surface area contributed by atoms with E-state index < -0.39 is 22.3 Å². The van der Waals surface area contributed by atoms with Gasteiger partial charge in [0.2, 0.25) is 0 Å². The molecule has 8 heteroatoms. The maximum absolute atomic E-state index is 12.4. The van der Waals surface area contributed by atoms with Gasteiger partial charge in [-0.3, -0.25) is 4.79 Å². The molecule has 1 rings (SSSR count). The zero-order chi connectivity index (χ0) is 12.5. The molecule has 0 saturated carbocycles. The van der Waals surface area contributed by atoms with Gasteiger partial charge in [-0.25, -0.2) is 4.98 Å². The maximum atomic E-state index is 12.4. The van der Waals surface area contributed by atoms with E-state index in [0.29, 0.717) is 6.07 Å². The second kappa shape index (κ2) is 4.28. The summed E-state index contributed by atoms with van der Waals surface area (Å²) < 4.78 is 36.8. The molecule has 1 amide bonds. The molecule has 0 spiro atoms. The van der Waals surface area contributed by atoms with E-state index in [1.54, 1.807) is 0 Å². The van der Waals surface area contributed by atoms with Crippen molar-refractivity contribution >= 4 is 27.5 Å². The summed E-state index contributed by atoms with van der Waals surface area (Å²) in [4.78, 5) is 14.7. The number of alkyl halides is 3. The Bertz CT molecular complexity index is 433. The Hall–Kier alpha value is -1.31. The molecule has 0 aromatic carbocycles. The fourth-order valence-corrected chi connectivity index (χ4v) is 1.52. The molecule has 0 bridgehead atoms. The standard InChI is InChI=1S/C8H7BrF3N3O/c1-14-7(16)5-4(13)2-3(6(9)15-5)8(10,11)12/h2H,13H2,1H3,(H,14,16). The Morgan fingerprint density at radius 3 is 2.56 bits per heavy atom.